The van der Waals surface area contributed by atoms with E-state index < -0.39 is 6.10 Å². The van der Waals surface area contributed by atoms with Gasteiger partial charge in [0.25, 0.3) is 11.8 Å². The maximum atomic E-state index is 12.8. The monoisotopic (exact) mass is 402 g/mol. The zero-order valence-electron chi connectivity index (χ0n) is 16.8. The fourth-order valence-electron chi connectivity index (χ4n) is 3.36. The summed E-state index contributed by atoms with van der Waals surface area (Å²) in [6.07, 6.45) is -0.569. The second-order valence-corrected chi connectivity index (χ2v) is 7.04. The summed E-state index contributed by atoms with van der Waals surface area (Å²) in [5.74, 6) is 0.927. The summed E-state index contributed by atoms with van der Waals surface area (Å²) in [7, 11) is 1.58. The summed E-state index contributed by atoms with van der Waals surface area (Å²) in [6, 6.07) is 21.9. The first-order valence-electron chi connectivity index (χ1n) is 9.66. The second-order valence-electron chi connectivity index (χ2n) is 7.04. The van der Waals surface area contributed by atoms with Crippen molar-refractivity contribution in [2.45, 2.75) is 19.6 Å². The van der Waals surface area contributed by atoms with E-state index in [0.29, 0.717) is 35.0 Å². The lowest BCUT2D eigenvalue weighted by Crippen LogP contribution is -2.44. The second kappa shape index (κ2) is 8.29. The number of methoxy groups -OCH3 is 1. The summed E-state index contributed by atoms with van der Waals surface area (Å²) in [5.41, 5.74) is 2.74. The predicted octanol–water partition coefficient (Wildman–Crippen LogP) is 4.26. The van der Waals surface area contributed by atoms with Crippen molar-refractivity contribution in [1.82, 2.24) is 0 Å². The van der Waals surface area contributed by atoms with Gasteiger partial charge in [0.15, 0.2) is 6.10 Å². The fourth-order valence-corrected chi connectivity index (χ4v) is 3.36. The highest BCUT2D eigenvalue weighted by Crippen LogP contribution is 2.37. The zero-order chi connectivity index (χ0) is 21.1. The third-order valence-corrected chi connectivity index (χ3v) is 4.96. The van der Waals surface area contributed by atoms with E-state index in [1.807, 2.05) is 30.3 Å². The lowest BCUT2D eigenvalue weighted by molar-refractivity contribution is -0.125. The van der Waals surface area contributed by atoms with Crippen LogP contribution in [0.15, 0.2) is 72.8 Å². The minimum absolute atomic E-state index is 0.120. The Kier molecular flexibility index (Phi) is 5.39. The highest BCUT2D eigenvalue weighted by Gasteiger charge is 2.31. The van der Waals surface area contributed by atoms with E-state index >= 15 is 0 Å². The molecule has 1 heterocycles. The van der Waals surface area contributed by atoms with Crippen molar-refractivity contribution >= 4 is 23.2 Å². The number of amides is 2. The van der Waals surface area contributed by atoms with Gasteiger partial charge in [0.05, 0.1) is 19.3 Å². The number of carbonyl (C=O) groups is 2. The molecule has 3 aromatic carbocycles. The fraction of sp³-hybridized carbons (Fsp3) is 0.167. The van der Waals surface area contributed by atoms with Crippen LogP contribution in [0.4, 0.5) is 11.4 Å². The molecule has 0 saturated carbocycles. The number of fused-ring (bicyclic) bond motifs is 1. The molecule has 0 spiro atoms. The van der Waals surface area contributed by atoms with E-state index in [-0.39, 0.29) is 11.8 Å². The molecule has 30 heavy (non-hydrogen) atoms. The molecule has 4 rings (SSSR count). The zero-order valence-corrected chi connectivity index (χ0v) is 16.8. The normalized spacial score (nSPS) is 15.2. The largest absolute Gasteiger partial charge is 0.497 e. The summed E-state index contributed by atoms with van der Waals surface area (Å²) < 4.78 is 10.9. The van der Waals surface area contributed by atoms with Gasteiger partial charge in [0, 0.05) is 11.3 Å². The highest BCUT2D eigenvalue weighted by molar-refractivity contribution is 6.05. The molecule has 0 saturated heterocycles. The van der Waals surface area contributed by atoms with Gasteiger partial charge in [-0.15, -0.1) is 0 Å². The van der Waals surface area contributed by atoms with Crippen LogP contribution in [0.25, 0.3) is 0 Å². The molecule has 1 aliphatic rings. The van der Waals surface area contributed by atoms with Crippen LogP contribution in [0, 0.1) is 0 Å². The van der Waals surface area contributed by atoms with Gasteiger partial charge in [-0.2, -0.15) is 0 Å². The van der Waals surface area contributed by atoms with Crippen LogP contribution >= 0.6 is 0 Å². The molecule has 1 unspecified atom stereocenters. The van der Waals surface area contributed by atoms with Crippen LogP contribution < -0.4 is 19.7 Å². The first kappa shape index (κ1) is 19.5. The molecule has 1 aliphatic heterocycles. The standard InChI is InChI=1S/C24H22N2O4/c1-16-24(28)26(15-17-6-4-3-5-7-17)21-14-19(10-13-22(21)30-16)25-23(27)18-8-11-20(29-2)12-9-18/h3-14,16H,15H2,1-2H3,(H,25,27). The third kappa shape index (κ3) is 3.98. The predicted molar refractivity (Wildman–Crippen MR) is 115 cm³/mol. The molecular formula is C24H22N2O4. The van der Waals surface area contributed by atoms with Crippen molar-refractivity contribution in [2.24, 2.45) is 0 Å². The number of benzene rings is 3. The van der Waals surface area contributed by atoms with Gasteiger partial charge >= 0.3 is 0 Å². The molecule has 2 amide bonds. The SMILES string of the molecule is COc1ccc(C(=O)Nc2ccc3c(c2)N(Cc2ccccc2)C(=O)C(C)O3)cc1. The highest BCUT2D eigenvalue weighted by atomic mass is 16.5. The Bertz CT molecular complexity index is 1060. The topological polar surface area (TPSA) is 67.9 Å². The van der Waals surface area contributed by atoms with Crippen molar-refractivity contribution in [1.29, 1.82) is 0 Å². The van der Waals surface area contributed by atoms with E-state index in [1.165, 1.54) is 0 Å². The van der Waals surface area contributed by atoms with Crippen LogP contribution in [-0.2, 0) is 11.3 Å². The minimum atomic E-state index is -0.569. The molecule has 0 aromatic heterocycles. The number of hydrogen-bond donors (Lipinski definition) is 1. The molecule has 1 atom stereocenters. The number of carbonyl (C=O) groups excluding carboxylic acids is 2. The Labute approximate surface area is 175 Å². The van der Waals surface area contributed by atoms with Crippen LogP contribution in [0.1, 0.15) is 22.8 Å². The first-order valence-corrected chi connectivity index (χ1v) is 9.66. The Balaban J connectivity index is 1.60. The molecule has 6 heteroatoms. The molecule has 0 aliphatic carbocycles. The Hall–Kier alpha value is -3.80. The Morgan fingerprint density at radius 1 is 1.07 bits per heavy atom. The first-order chi connectivity index (χ1) is 14.5. The molecule has 0 fully saturated rings. The number of rotatable bonds is 5. The lowest BCUT2D eigenvalue weighted by atomic mass is 10.1. The maximum absolute atomic E-state index is 12.8. The van der Waals surface area contributed by atoms with E-state index in [9.17, 15) is 9.59 Å². The molecule has 1 N–H and O–H groups in total. The Morgan fingerprint density at radius 2 is 1.80 bits per heavy atom. The van der Waals surface area contributed by atoms with E-state index in [2.05, 4.69) is 5.32 Å². The van der Waals surface area contributed by atoms with E-state index in [0.717, 1.165) is 5.56 Å². The summed E-state index contributed by atoms with van der Waals surface area (Å²) in [5, 5.41) is 2.88. The molecule has 3 aromatic rings. The van der Waals surface area contributed by atoms with Gasteiger partial charge in [-0.25, -0.2) is 0 Å². The van der Waals surface area contributed by atoms with E-state index in [4.69, 9.17) is 9.47 Å². The van der Waals surface area contributed by atoms with Gasteiger partial charge in [-0.3, -0.25) is 9.59 Å². The third-order valence-electron chi connectivity index (χ3n) is 4.96. The molecule has 0 bridgehead atoms. The van der Waals surface area contributed by atoms with Crippen molar-refractivity contribution in [3.05, 3.63) is 83.9 Å². The molecule has 152 valence electrons. The molecule has 6 nitrogen and oxygen atoms in total. The molecule has 0 radical (unpaired) electrons. The van der Waals surface area contributed by atoms with Crippen molar-refractivity contribution in [2.75, 3.05) is 17.3 Å². The summed E-state index contributed by atoms with van der Waals surface area (Å²) in [6.45, 7) is 2.17. The quantitative estimate of drug-likeness (QED) is 0.692. The van der Waals surface area contributed by atoms with Crippen LogP contribution in [0.3, 0.4) is 0 Å². The number of anilines is 2. The number of hydrogen-bond acceptors (Lipinski definition) is 4. The van der Waals surface area contributed by atoms with Crippen LogP contribution in [0.2, 0.25) is 0 Å². The van der Waals surface area contributed by atoms with Crippen LogP contribution in [-0.4, -0.2) is 25.0 Å². The summed E-state index contributed by atoms with van der Waals surface area (Å²) in [4.78, 5) is 27.1. The van der Waals surface area contributed by atoms with Gasteiger partial charge in [-0.1, -0.05) is 30.3 Å². The van der Waals surface area contributed by atoms with Gasteiger partial charge in [0.2, 0.25) is 0 Å². The van der Waals surface area contributed by atoms with E-state index in [1.54, 1.807) is 61.4 Å². The smallest absolute Gasteiger partial charge is 0.268 e. The van der Waals surface area contributed by atoms with Crippen LogP contribution in [0.5, 0.6) is 11.5 Å². The number of nitrogens with zero attached hydrogens (tertiary/aromatic N) is 1. The van der Waals surface area contributed by atoms with Crippen molar-refractivity contribution in [3.8, 4) is 11.5 Å². The average molecular weight is 402 g/mol. The van der Waals surface area contributed by atoms with Gasteiger partial charge < -0.3 is 19.7 Å². The average Bonchev–Trinajstić information content (AvgIpc) is 2.78. The number of nitrogens with one attached hydrogen (secondary N) is 1. The van der Waals surface area contributed by atoms with Gasteiger partial charge in [-0.05, 0) is 55.0 Å². The van der Waals surface area contributed by atoms with Gasteiger partial charge in [0.1, 0.15) is 11.5 Å². The minimum Gasteiger partial charge on any atom is -0.497 e. The molecular weight excluding hydrogens is 380 g/mol. The summed E-state index contributed by atoms with van der Waals surface area (Å²) >= 11 is 0. The maximum Gasteiger partial charge on any atom is 0.268 e. The number of ether oxygens (including phenoxy) is 2. The lowest BCUT2D eigenvalue weighted by Gasteiger charge is -2.33. The Morgan fingerprint density at radius 3 is 2.50 bits per heavy atom. The van der Waals surface area contributed by atoms with Crippen molar-refractivity contribution in [3.63, 3.8) is 0 Å². The van der Waals surface area contributed by atoms with Crippen molar-refractivity contribution < 1.29 is 19.1 Å².